The lowest BCUT2D eigenvalue weighted by Gasteiger charge is -2.36. The van der Waals surface area contributed by atoms with Crippen molar-refractivity contribution < 1.29 is 18.7 Å². The second kappa shape index (κ2) is 14.7. The summed E-state index contributed by atoms with van der Waals surface area (Å²) in [5.74, 6) is -0.0362. The minimum atomic E-state index is -1.95. The van der Waals surface area contributed by atoms with Crippen LogP contribution in [-0.2, 0) is 9.16 Å². The summed E-state index contributed by atoms with van der Waals surface area (Å²) in [7, 11) is -0.321. The summed E-state index contributed by atoms with van der Waals surface area (Å²) in [6.45, 7) is 14.8. The third-order valence-corrected chi connectivity index (χ3v) is 13.2. The number of nitriles is 1. The fraction of sp³-hybridized carbons (Fsp3) is 0.455. The van der Waals surface area contributed by atoms with Crippen molar-refractivity contribution in [2.45, 2.75) is 58.2 Å². The molecule has 0 aliphatic carbocycles. The first-order valence-electron chi connectivity index (χ1n) is 14.2. The molecule has 0 radical (unpaired) electrons. The predicted octanol–water partition coefficient (Wildman–Crippen LogP) is 8.61. The molecule has 3 aromatic carbocycles. The number of hydrogen-bond acceptors (Lipinski definition) is 5. The van der Waals surface area contributed by atoms with Crippen molar-refractivity contribution in [3.63, 3.8) is 0 Å². The largest absolute Gasteiger partial charge is 0.491 e. The molecule has 1 N–H and O–H groups in total. The van der Waals surface area contributed by atoms with Crippen LogP contribution in [0.2, 0.25) is 28.2 Å². The first-order chi connectivity index (χ1) is 19.8. The molecule has 0 spiro atoms. The molecular weight excluding hydrogens is 587 g/mol. The number of ether oxygens (including phenoxy) is 2. The van der Waals surface area contributed by atoms with Gasteiger partial charge in [0.2, 0.25) is 0 Å². The highest BCUT2D eigenvalue weighted by molar-refractivity contribution is 6.74. The van der Waals surface area contributed by atoms with Crippen molar-refractivity contribution in [2.75, 3.05) is 33.5 Å². The average molecular weight is 630 g/mol. The van der Waals surface area contributed by atoms with Gasteiger partial charge >= 0.3 is 0 Å². The smallest absolute Gasteiger partial charge is 0.255 e. The van der Waals surface area contributed by atoms with E-state index in [1.807, 2.05) is 43.3 Å². The number of hydrogen-bond donors (Lipinski definition) is 1. The van der Waals surface area contributed by atoms with Crippen molar-refractivity contribution in [3.8, 4) is 11.8 Å². The Bertz CT molecular complexity index is 1430. The van der Waals surface area contributed by atoms with E-state index in [9.17, 15) is 10.1 Å². The lowest BCUT2D eigenvalue weighted by Crippen LogP contribution is -2.41. The topological polar surface area (TPSA) is 80.6 Å². The van der Waals surface area contributed by atoms with Gasteiger partial charge in [-0.05, 0) is 59.1 Å². The zero-order valence-electron chi connectivity index (χ0n) is 25.6. The molecule has 0 heterocycles. The minimum absolute atomic E-state index is 0.0730. The van der Waals surface area contributed by atoms with E-state index in [0.29, 0.717) is 54.0 Å². The molecule has 1 amide bonds. The van der Waals surface area contributed by atoms with Gasteiger partial charge in [0.05, 0.1) is 34.4 Å². The van der Waals surface area contributed by atoms with E-state index in [1.165, 1.54) is 0 Å². The molecule has 0 aliphatic rings. The number of carbonyl (C=O) groups excluding carboxylic acids is 1. The fourth-order valence-electron chi connectivity index (χ4n) is 4.48. The van der Waals surface area contributed by atoms with Crippen LogP contribution in [0.5, 0.6) is 5.75 Å². The molecule has 2 atom stereocenters. The Labute approximate surface area is 261 Å². The Morgan fingerprint density at radius 3 is 2.43 bits per heavy atom. The Kier molecular flexibility index (Phi) is 11.9. The summed E-state index contributed by atoms with van der Waals surface area (Å²) in [6, 6.07) is 17.1. The number of rotatable bonds is 13. The number of nitrogens with one attached hydrogen (secondary N) is 1. The number of methoxy groups -OCH3 is 1. The zero-order valence-corrected chi connectivity index (χ0v) is 28.2. The van der Waals surface area contributed by atoms with Crippen molar-refractivity contribution in [1.29, 1.82) is 5.26 Å². The molecule has 9 heteroatoms. The lowest BCUT2D eigenvalue weighted by molar-refractivity contribution is 0.0942. The van der Waals surface area contributed by atoms with Crippen LogP contribution in [-0.4, -0.2) is 47.7 Å². The van der Waals surface area contributed by atoms with E-state index < -0.39 is 8.32 Å². The maximum absolute atomic E-state index is 13.9. The molecule has 0 bridgehead atoms. The van der Waals surface area contributed by atoms with Gasteiger partial charge < -0.3 is 19.2 Å². The van der Waals surface area contributed by atoms with Crippen molar-refractivity contribution in [3.05, 3.63) is 75.3 Å². The van der Waals surface area contributed by atoms with Crippen LogP contribution in [0.25, 0.3) is 10.8 Å². The van der Waals surface area contributed by atoms with Crippen LogP contribution in [0.15, 0.2) is 48.5 Å². The predicted molar refractivity (Wildman–Crippen MR) is 175 cm³/mol. The van der Waals surface area contributed by atoms with Crippen LogP contribution in [0, 0.1) is 17.2 Å². The maximum atomic E-state index is 13.9. The first kappa shape index (κ1) is 33.9. The highest BCUT2D eigenvalue weighted by Crippen LogP contribution is 2.37. The van der Waals surface area contributed by atoms with E-state index in [0.717, 1.165) is 16.3 Å². The molecule has 0 unspecified atom stereocenters. The van der Waals surface area contributed by atoms with E-state index in [2.05, 4.69) is 45.3 Å². The van der Waals surface area contributed by atoms with E-state index >= 15 is 0 Å². The van der Waals surface area contributed by atoms with Gasteiger partial charge in [-0.3, -0.25) is 4.79 Å². The van der Waals surface area contributed by atoms with Gasteiger partial charge in [0.15, 0.2) is 8.32 Å². The van der Waals surface area contributed by atoms with Crippen molar-refractivity contribution >= 4 is 48.2 Å². The molecule has 6 nitrogen and oxygen atoms in total. The van der Waals surface area contributed by atoms with E-state index in [4.69, 9.17) is 37.1 Å². The van der Waals surface area contributed by atoms with Gasteiger partial charge in [0, 0.05) is 32.1 Å². The summed E-state index contributed by atoms with van der Waals surface area (Å²) in [4.78, 5) is 13.9. The number of nitrogens with zero attached hydrogens (tertiary/aromatic N) is 1. The van der Waals surface area contributed by atoms with Crippen LogP contribution < -0.4 is 10.1 Å². The second-order valence-electron chi connectivity index (χ2n) is 12.3. The van der Waals surface area contributed by atoms with Crippen molar-refractivity contribution in [1.82, 2.24) is 5.32 Å². The Hall–Kier alpha value is -2.60. The highest BCUT2D eigenvalue weighted by Gasteiger charge is 2.37. The number of benzene rings is 3. The second-order valence-corrected chi connectivity index (χ2v) is 17.9. The first-order valence-corrected chi connectivity index (χ1v) is 17.9. The van der Waals surface area contributed by atoms with Crippen LogP contribution in [0.1, 0.15) is 61.5 Å². The summed E-state index contributed by atoms with van der Waals surface area (Å²) < 4.78 is 17.9. The Morgan fingerprint density at radius 2 is 1.79 bits per heavy atom. The molecule has 226 valence electrons. The summed E-state index contributed by atoms with van der Waals surface area (Å²) in [5, 5.41) is 15.6. The molecular formula is C33H42Cl2N2O4Si. The average Bonchev–Trinajstić information content (AvgIpc) is 2.93. The summed E-state index contributed by atoms with van der Waals surface area (Å²) in [6.07, 6.45) is 0.682. The van der Waals surface area contributed by atoms with E-state index in [-0.39, 0.29) is 28.5 Å². The summed E-state index contributed by atoms with van der Waals surface area (Å²) in [5.41, 5.74) is 1.62. The van der Waals surface area contributed by atoms with Gasteiger partial charge in [-0.25, -0.2) is 0 Å². The molecule has 0 aromatic heterocycles. The highest BCUT2D eigenvalue weighted by atomic mass is 35.5. The SMILES string of the molecule is COC[C@@H](C)COc1c(C#N)cc2ccccc2c1C(=O)NC[C@@H](CCO[Si](C)(C)C(C)(C)C)c1ccc(Cl)c(Cl)c1. The molecule has 0 saturated heterocycles. The van der Waals surface area contributed by atoms with Gasteiger partial charge in [-0.1, -0.05) is 81.2 Å². The number of amides is 1. The molecule has 0 saturated carbocycles. The van der Waals surface area contributed by atoms with Gasteiger partial charge in [0.25, 0.3) is 5.91 Å². The van der Waals surface area contributed by atoms with Crippen molar-refractivity contribution in [2.24, 2.45) is 5.92 Å². The summed E-state index contributed by atoms with van der Waals surface area (Å²) >= 11 is 12.6. The normalized spacial score (nSPS) is 13.4. The fourth-order valence-corrected chi connectivity index (χ4v) is 5.84. The van der Waals surface area contributed by atoms with E-state index in [1.54, 1.807) is 19.2 Å². The monoisotopic (exact) mass is 628 g/mol. The third kappa shape index (κ3) is 8.49. The standard InChI is InChI=1S/C33H42Cl2N2O4Si/c1-22(20-39-5)21-40-31-26(18-36)16-24-10-8-9-11-27(24)30(31)32(38)37-19-25(23-12-13-28(34)29(35)17-23)14-15-41-42(6,7)33(2,3)4/h8-13,16-17,22,25H,14-15,19-21H2,1-7H3,(H,37,38)/t22-,25-/m1/s1. The lowest BCUT2D eigenvalue weighted by atomic mass is 9.95. The Morgan fingerprint density at radius 1 is 1.07 bits per heavy atom. The quantitative estimate of drug-likeness (QED) is 0.192. The molecule has 42 heavy (non-hydrogen) atoms. The van der Waals surface area contributed by atoms with Gasteiger partial charge in [0.1, 0.15) is 11.8 Å². The third-order valence-electron chi connectivity index (χ3n) is 7.97. The van der Waals surface area contributed by atoms with Crippen LogP contribution >= 0.6 is 23.2 Å². The number of carbonyl (C=O) groups is 1. The minimum Gasteiger partial charge on any atom is -0.491 e. The van der Waals surface area contributed by atoms with Crippen LogP contribution in [0.4, 0.5) is 0 Å². The van der Waals surface area contributed by atoms with Gasteiger partial charge in [-0.2, -0.15) is 5.26 Å². The number of fused-ring (bicyclic) bond motifs is 1. The molecule has 0 fully saturated rings. The molecule has 0 aliphatic heterocycles. The number of halogens is 2. The molecule has 3 rings (SSSR count). The van der Waals surface area contributed by atoms with Crippen LogP contribution in [0.3, 0.4) is 0 Å². The zero-order chi connectivity index (χ0) is 31.1. The molecule has 3 aromatic rings. The maximum Gasteiger partial charge on any atom is 0.255 e. The Balaban J connectivity index is 1.92. The van der Waals surface area contributed by atoms with Gasteiger partial charge in [-0.15, -0.1) is 0 Å².